The summed E-state index contributed by atoms with van der Waals surface area (Å²) < 4.78 is 0. The monoisotopic (exact) mass is 336 g/mol. The van der Waals surface area contributed by atoms with Crippen LogP contribution in [0.15, 0.2) is 109 Å². The van der Waals surface area contributed by atoms with Gasteiger partial charge in [-0.05, 0) is 36.1 Å². The zero-order valence-corrected chi connectivity index (χ0v) is 15.4. The first kappa shape index (κ1) is 17.7. The SMILES string of the molecule is Cc1cccc(-c2ccccc2)c1.Cc1cccc(-c2ccccc2)c1. The number of benzene rings is 4. The topological polar surface area (TPSA) is 0 Å². The zero-order chi connectivity index (χ0) is 18.2. The van der Waals surface area contributed by atoms with E-state index in [-0.39, 0.29) is 0 Å². The molecule has 0 aliphatic carbocycles. The van der Waals surface area contributed by atoms with Gasteiger partial charge in [0, 0.05) is 0 Å². The molecule has 0 aromatic heterocycles. The second kappa shape index (κ2) is 8.82. The van der Waals surface area contributed by atoms with Crippen molar-refractivity contribution in [2.24, 2.45) is 0 Å². The lowest BCUT2D eigenvalue weighted by molar-refractivity contribution is 1.47. The zero-order valence-electron chi connectivity index (χ0n) is 15.4. The summed E-state index contributed by atoms with van der Waals surface area (Å²) in [6, 6.07) is 38.0. The largest absolute Gasteiger partial charge is 0.0622 e. The van der Waals surface area contributed by atoms with Crippen LogP contribution >= 0.6 is 0 Å². The lowest BCUT2D eigenvalue weighted by Crippen LogP contribution is -1.77. The van der Waals surface area contributed by atoms with Gasteiger partial charge in [-0.3, -0.25) is 0 Å². The van der Waals surface area contributed by atoms with E-state index in [0.29, 0.717) is 0 Å². The smallest absolute Gasteiger partial charge is 0.0181 e. The molecule has 0 N–H and O–H groups in total. The Morgan fingerprint density at radius 3 is 1.04 bits per heavy atom. The Morgan fingerprint density at radius 2 is 0.692 bits per heavy atom. The molecular formula is C26H24. The molecule has 0 atom stereocenters. The van der Waals surface area contributed by atoms with Crippen LogP contribution in [0.1, 0.15) is 11.1 Å². The molecule has 4 aromatic carbocycles. The molecule has 0 radical (unpaired) electrons. The van der Waals surface area contributed by atoms with Gasteiger partial charge in [-0.25, -0.2) is 0 Å². The number of hydrogen-bond acceptors (Lipinski definition) is 0. The fourth-order valence-electron chi connectivity index (χ4n) is 2.91. The molecule has 0 spiro atoms. The van der Waals surface area contributed by atoms with Gasteiger partial charge < -0.3 is 0 Å². The van der Waals surface area contributed by atoms with E-state index in [9.17, 15) is 0 Å². The average molecular weight is 336 g/mol. The van der Waals surface area contributed by atoms with Crippen molar-refractivity contribution in [2.75, 3.05) is 0 Å². The van der Waals surface area contributed by atoms with E-state index in [1.54, 1.807) is 0 Å². The highest BCUT2D eigenvalue weighted by Crippen LogP contribution is 2.20. The maximum atomic E-state index is 2.20. The third-order valence-corrected chi connectivity index (χ3v) is 4.25. The molecule has 4 rings (SSSR count). The van der Waals surface area contributed by atoms with Crippen molar-refractivity contribution in [3.05, 3.63) is 120 Å². The van der Waals surface area contributed by atoms with E-state index in [0.717, 1.165) is 0 Å². The Morgan fingerprint density at radius 1 is 0.346 bits per heavy atom. The van der Waals surface area contributed by atoms with Crippen molar-refractivity contribution in [2.45, 2.75) is 13.8 Å². The molecule has 128 valence electrons. The minimum Gasteiger partial charge on any atom is -0.0622 e. The van der Waals surface area contributed by atoms with Crippen LogP contribution in [0.2, 0.25) is 0 Å². The first-order valence-electron chi connectivity index (χ1n) is 8.96. The average Bonchev–Trinajstić information content (AvgIpc) is 2.70. The van der Waals surface area contributed by atoms with Crippen LogP contribution in [-0.2, 0) is 0 Å². The van der Waals surface area contributed by atoms with Crippen molar-refractivity contribution >= 4 is 0 Å². The minimum absolute atomic E-state index is 1.28. The molecule has 0 amide bonds. The number of hydrogen-bond donors (Lipinski definition) is 0. The maximum absolute atomic E-state index is 2.20. The van der Waals surface area contributed by atoms with Crippen LogP contribution < -0.4 is 0 Å². The molecule has 0 nitrogen and oxygen atoms in total. The summed E-state index contributed by atoms with van der Waals surface area (Å²) in [6.07, 6.45) is 0. The van der Waals surface area contributed by atoms with Gasteiger partial charge in [0.25, 0.3) is 0 Å². The molecule has 0 unspecified atom stereocenters. The summed E-state index contributed by atoms with van der Waals surface area (Å²) in [4.78, 5) is 0. The molecule has 0 aliphatic heterocycles. The van der Waals surface area contributed by atoms with Crippen molar-refractivity contribution in [3.8, 4) is 22.3 Å². The summed E-state index contributed by atoms with van der Waals surface area (Å²) in [5.41, 5.74) is 7.77. The molecule has 0 bridgehead atoms. The molecule has 0 fully saturated rings. The van der Waals surface area contributed by atoms with Gasteiger partial charge in [-0.2, -0.15) is 0 Å². The fourth-order valence-corrected chi connectivity index (χ4v) is 2.91. The predicted octanol–water partition coefficient (Wildman–Crippen LogP) is 7.32. The standard InChI is InChI=1S/2C13H12/c2*1-11-6-5-9-13(10-11)12-7-3-2-4-8-12/h2*2-10H,1H3. The number of aryl methyl sites for hydroxylation is 2. The van der Waals surface area contributed by atoms with E-state index < -0.39 is 0 Å². The summed E-state index contributed by atoms with van der Waals surface area (Å²) in [7, 11) is 0. The highest BCUT2D eigenvalue weighted by Gasteiger charge is 1.95. The van der Waals surface area contributed by atoms with Crippen molar-refractivity contribution < 1.29 is 0 Å². The highest BCUT2D eigenvalue weighted by molar-refractivity contribution is 5.64. The van der Waals surface area contributed by atoms with Crippen LogP contribution in [0.3, 0.4) is 0 Å². The lowest BCUT2D eigenvalue weighted by Gasteiger charge is -2.01. The molecule has 4 aromatic rings. The van der Waals surface area contributed by atoms with Crippen LogP contribution in [0, 0.1) is 13.8 Å². The molecule has 0 heteroatoms. The van der Waals surface area contributed by atoms with Gasteiger partial charge in [-0.1, -0.05) is 120 Å². The van der Waals surface area contributed by atoms with Crippen molar-refractivity contribution in [1.29, 1.82) is 0 Å². The van der Waals surface area contributed by atoms with Gasteiger partial charge in [-0.15, -0.1) is 0 Å². The minimum atomic E-state index is 1.28. The van der Waals surface area contributed by atoms with Crippen molar-refractivity contribution in [1.82, 2.24) is 0 Å². The van der Waals surface area contributed by atoms with Crippen molar-refractivity contribution in [3.63, 3.8) is 0 Å². The van der Waals surface area contributed by atoms with E-state index in [4.69, 9.17) is 0 Å². The second-order valence-electron chi connectivity index (χ2n) is 6.47. The van der Waals surface area contributed by atoms with Gasteiger partial charge >= 0.3 is 0 Å². The maximum Gasteiger partial charge on any atom is -0.0181 e. The molecular weight excluding hydrogens is 312 g/mol. The van der Waals surface area contributed by atoms with Crippen LogP contribution in [0.4, 0.5) is 0 Å². The second-order valence-corrected chi connectivity index (χ2v) is 6.47. The summed E-state index contributed by atoms with van der Waals surface area (Å²) in [5.74, 6) is 0. The molecule has 0 heterocycles. The lowest BCUT2D eigenvalue weighted by atomic mass is 10.0. The van der Waals surface area contributed by atoms with Gasteiger partial charge in [0.2, 0.25) is 0 Å². The molecule has 0 aliphatic rings. The number of rotatable bonds is 2. The quantitative estimate of drug-likeness (QED) is 0.359. The predicted molar refractivity (Wildman–Crippen MR) is 113 cm³/mol. The van der Waals surface area contributed by atoms with Crippen LogP contribution in [0.25, 0.3) is 22.3 Å². The van der Waals surface area contributed by atoms with E-state index in [1.807, 2.05) is 12.1 Å². The Kier molecular flexibility index (Phi) is 6.01. The molecule has 0 saturated heterocycles. The van der Waals surface area contributed by atoms with Gasteiger partial charge in [0.15, 0.2) is 0 Å². The molecule has 26 heavy (non-hydrogen) atoms. The van der Waals surface area contributed by atoms with E-state index in [2.05, 4.69) is 111 Å². The highest BCUT2D eigenvalue weighted by atomic mass is 14.0. The first-order valence-corrected chi connectivity index (χ1v) is 8.96. The van der Waals surface area contributed by atoms with Gasteiger partial charge in [0.05, 0.1) is 0 Å². The normalized spacial score (nSPS) is 9.92. The van der Waals surface area contributed by atoms with E-state index >= 15 is 0 Å². The Bertz CT molecular complexity index is 857. The summed E-state index contributed by atoms with van der Waals surface area (Å²) in [5, 5.41) is 0. The summed E-state index contributed by atoms with van der Waals surface area (Å²) in [6.45, 7) is 4.24. The fraction of sp³-hybridized carbons (Fsp3) is 0.0769. The first-order chi connectivity index (χ1) is 12.7. The Labute approximate surface area is 156 Å². The van der Waals surface area contributed by atoms with Crippen LogP contribution in [-0.4, -0.2) is 0 Å². The van der Waals surface area contributed by atoms with Crippen LogP contribution in [0.5, 0.6) is 0 Å². The van der Waals surface area contributed by atoms with E-state index in [1.165, 1.54) is 33.4 Å². The Balaban J connectivity index is 0.000000151. The van der Waals surface area contributed by atoms with Gasteiger partial charge in [0.1, 0.15) is 0 Å². The third-order valence-electron chi connectivity index (χ3n) is 4.25. The Hall–Kier alpha value is -3.12. The third kappa shape index (κ3) is 4.94. The summed E-state index contributed by atoms with van der Waals surface area (Å²) >= 11 is 0. The molecule has 0 saturated carbocycles.